The molecule has 96 valence electrons. The summed E-state index contributed by atoms with van der Waals surface area (Å²) in [6, 6.07) is 0.0357. The highest BCUT2D eigenvalue weighted by molar-refractivity contribution is 7.89. The van der Waals surface area contributed by atoms with Crippen molar-refractivity contribution in [2.45, 2.75) is 25.8 Å². The molecule has 1 aliphatic heterocycles. The van der Waals surface area contributed by atoms with E-state index in [1.165, 1.54) is 0 Å². The van der Waals surface area contributed by atoms with Gasteiger partial charge in [-0.05, 0) is 25.3 Å². The molecule has 2 unspecified atom stereocenters. The van der Waals surface area contributed by atoms with E-state index in [-0.39, 0.29) is 24.2 Å². The molecule has 0 aromatic heterocycles. The molecular weight excluding hydrogens is 248 g/mol. The molecule has 6 heteroatoms. The van der Waals surface area contributed by atoms with Gasteiger partial charge in [0.25, 0.3) is 0 Å². The van der Waals surface area contributed by atoms with Crippen LogP contribution in [0.4, 0.5) is 0 Å². The topological polar surface area (TPSA) is 58.2 Å². The van der Waals surface area contributed by atoms with Gasteiger partial charge in [0.15, 0.2) is 0 Å². The van der Waals surface area contributed by atoms with Gasteiger partial charge in [-0.15, -0.1) is 19.0 Å². The lowest BCUT2D eigenvalue weighted by molar-refractivity contribution is 0.327. The maximum absolute atomic E-state index is 11.6. The van der Waals surface area contributed by atoms with Crippen LogP contribution < -0.4 is 10.0 Å². The monoisotopic (exact) mass is 268 g/mol. The molecular formula is C10H21ClN2O2S. The highest BCUT2D eigenvalue weighted by Gasteiger charge is 2.24. The maximum Gasteiger partial charge on any atom is 0.212 e. The summed E-state index contributed by atoms with van der Waals surface area (Å²) >= 11 is 0. The lowest BCUT2D eigenvalue weighted by Gasteiger charge is -2.29. The first kappa shape index (κ1) is 15.9. The third kappa shape index (κ3) is 5.30. The molecule has 0 amide bonds. The molecule has 1 fully saturated rings. The average Bonchev–Trinajstić information content (AvgIpc) is 2.18. The zero-order valence-electron chi connectivity index (χ0n) is 9.61. The number of allylic oxidation sites excluding steroid dienone is 1. The second-order valence-corrected chi connectivity index (χ2v) is 5.96. The highest BCUT2D eigenvalue weighted by Crippen LogP contribution is 2.12. The Morgan fingerprint density at radius 2 is 2.25 bits per heavy atom. The Morgan fingerprint density at radius 3 is 2.81 bits per heavy atom. The van der Waals surface area contributed by atoms with E-state index in [0.29, 0.717) is 12.3 Å². The zero-order chi connectivity index (χ0) is 11.3. The van der Waals surface area contributed by atoms with Crippen LogP contribution in [0.5, 0.6) is 0 Å². The Balaban J connectivity index is 0.00000225. The molecule has 16 heavy (non-hydrogen) atoms. The van der Waals surface area contributed by atoms with Gasteiger partial charge in [-0.3, -0.25) is 0 Å². The van der Waals surface area contributed by atoms with E-state index in [4.69, 9.17) is 0 Å². The first-order valence-electron chi connectivity index (χ1n) is 5.37. The minimum absolute atomic E-state index is 0. The van der Waals surface area contributed by atoms with Gasteiger partial charge in [-0.25, -0.2) is 13.1 Å². The number of halogens is 1. The molecule has 0 radical (unpaired) electrons. The van der Waals surface area contributed by atoms with Gasteiger partial charge in [0, 0.05) is 12.6 Å². The highest BCUT2D eigenvalue weighted by atomic mass is 35.5. The standard InChI is InChI=1S/C10H20N2O2S.ClH/c1-3-4-7-15(13,14)12-10-8-11-6-5-9(10)2;/h3,9-12H,1,4-8H2,2H3;1H. The predicted molar refractivity (Wildman–Crippen MR) is 69.4 cm³/mol. The molecule has 0 aliphatic carbocycles. The fourth-order valence-electron chi connectivity index (χ4n) is 1.68. The van der Waals surface area contributed by atoms with Crippen molar-refractivity contribution < 1.29 is 8.42 Å². The van der Waals surface area contributed by atoms with Crippen molar-refractivity contribution in [3.05, 3.63) is 12.7 Å². The maximum atomic E-state index is 11.6. The van der Waals surface area contributed by atoms with Gasteiger partial charge in [0.1, 0.15) is 0 Å². The van der Waals surface area contributed by atoms with E-state index in [9.17, 15) is 8.42 Å². The normalized spacial score (nSPS) is 25.8. The molecule has 0 saturated carbocycles. The largest absolute Gasteiger partial charge is 0.315 e. The van der Waals surface area contributed by atoms with Crippen LogP contribution in [0.1, 0.15) is 19.8 Å². The molecule has 0 aromatic rings. The molecule has 0 bridgehead atoms. The third-order valence-electron chi connectivity index (χ3n) is 2.75. The summed E-state index contributed by atoms with van der Waals surface area (Å²) in [5.74, 6) is 0.546. The second kappa shape index (κ2) is 7.27. The van der Waals surface area contributed by atoms with Gasteiger partial charge in [-0.2, -0.15) is 0 Å². The summed E-state index contributed by atoms with van der Waals surface area (Å²) in [5, 5.41) is 3.20. The minimum atomic E-state index is -3.14. The SMILES string of the molecule is C=CCCS(=O)(=O)NC1CNCCC1C.Cl. The minimum Gasteiger partial charge on any atom is -0.315 e. The summed E-state index contributed by atoms with van der Waals surface area (Å²) < 4.78 is 26.0. The zero-order valence-corrected chi connectivity index (χ0v) is 11.2. The first-order valence-corrected chi connectivity index (χ1v) is 7.02. The number of hydrogen-bond acceptors (Lipinski definition) is 3. The fraction of sp³-hybridized carbons (Fsp3) is 0.800. The molecule has 0 spiro atoms. The summed E-state index contributed by atoms with van der Waals surface area (Å²) in [6.07, 6.45) is 3.15. The summed E-state index contributed by atoms with van der Waals surface area (Å²) in [7, 11) is -3.14. The quantitative estimate of drug-likeness (QED) is 0.729. The molecule has 1 aliphatic rings. The van der Waals surface area contributed by atoms with Crippen LogP contribution in [0, 0.1) is 5.92 Å². The molecule has 1 rings (SSSR count). The van der Waals surface area contributed by atoms with E-state index < -0.39 is 10.0 Å². The van der Waals surface area contributed by atoms with Crippen LogP contribution in [0.2, 0.25) is 0 Å². The van der Waals surface area contributed by atoms with Crippen LogP contribution in [0.25, 0.3) is 0 Å². The summed E-state index contributed by atoms with van der Waals surface area (Å²) in [4.78, 5) is 0. The average molecular weight is 269 g/mol. The molecule has 0 aromatic carbocycles. The van der Waals surface area contributed by atoms with Crippen LogP contribution in [0.3, 0.4) is 0 Å². The van der Waals surface area contributed by atoms with Gasteiger partial charge < -0.3 is 5.32 Å². The van der Waals surface area contributed by atoms with E-state index in [1.807, 2.05) is 0 Å². The number of rotatable bonds is 5. The van der Waals surface area contributed by atoms with Crippen molar-refractivity contribution in [2.75, 3.05) is 18.8 Å². The van der Waals surface area contributed by atoms with E-state index in [1.54, 1.807) is 6.08 Å². The van der Waals surface area contributed by atoms with Crippen LogP contribution in [-0.4, -0.2) is 33.3 Å². The first-order chi connectivity index (χ1) is 7.05. The van der Waals surface area contributed by atoms with E-state index >= 15 is 0 Å². The fourth-order valence-corrected chi connectivity index (χ4v) is 3.05. The third-order valence-corrected chi connectivity index (χ3v) is 4.18. The van der Waals surface area contributed by atoms with Crippen molar-refractivity contribution in [3.8, 4) is 0 Å². The van der Waals surface area contributed by atoms with Gasteiger partial charge in [0.2, 0.25) is 10.0 Å². The molecule has 1 saturated heterocycles. The van der Waals surface area contributed by atoms with Crippen molar-refractivity contribution in [1.29, 1.82) is 0 Å². The Kier molecular flexibility index (Phi) is 7.22. The molecule has 4 nitrogen and oxygen atoms in total. The van der Waals surface area contributed by atoms with E-state index in [0.717, 1.165) is 19.5 Å². The Labute approximate surface area is 104 Å². The van der Waals surface area contributed by atoms with Crippen LogP contribution in [0.15, 0.2) is 12.7 Å². The lowest BCUT2D eigenvalue weighted by Crippen LogP contribution is -2.50. The summed E-state index contributed by atoms with van der Waals surface area (Å²) in [5.41, 5.74) is 0. The van der Waals surface area contributed by atoms with Crippen molar-refractivity contribution >= 4 is 22.4 Å². The molecule has 1 heterocycles. The Morgan fingerprint density at radius 1 is 1.56 bits per heavy atom. The second-order valence-electron chi connectivity index (χ2n) is 4.09. The van der Waals surface area contributed by atoms with Gasteiger partial charge in [0.05, 0.1) is 5.75 Å². The van der Waals surface area contributed by atoms with E-state index in [2.05, 4.69) is 23.5 Å². The lowest BCUT2D eigenvalue weighted by atomic mass is 9.96. The Bertz CT molecular complexity index is 306. The van der Waals surface area contributed by atoms with Crippen LogP contribution in [-0.2, 0) is 10.0 Å². The number of piperidine rings is 1. The number of hydrogen-bond donors (Lipinski definition) is 2. The van der Waals surface area contributed by atoms with Crippen LogP contribution >= 0.6 is 12.4 Å². The molecule has 2 N–H and O–H groups in total. The smallest absolute Gasteiger partial charge is 0.212 e. The van der Waals surface area contributed by atoms with Gasteiger partial charge >= 0.3 is 0 Å². The predicted octanol–water partition coefficient (Wildman–Crippen LogP) is 0.902. The molecule has 2 atom stereocenters. The van der Waals surface area contributed by atoms with Crippen molar-refractivity contribution in [2.24, 2.45) is 5.92 Å². The van der Waals surface area contributed by atoms with Gasteiger partial charge in [-0.1, -0.05) is 13.0 Å². The van der Waals surface area contributed by atoms with Crippen molar-refractivity contribution in [1.82, 2.24) is 10.0 Å². The Hall–Kier alpha value is -0.100. The number of sulfonamides is 1. The summed E-state index contributed by atoms with van der Waals surface area (Å²) in [6.45, 7) is 7.31. The van der Waals surface area contributed by atoms with Crippen molar-refractivity contribution in [3.63, 3.8) is 0 Å². The number of nitrogens with one attached hydrogen (secondary N) is 2.